The fourth-order valence-electron chi connectivity index (χ4n) is 2.96. The van der Waals surface area contributed by atoms with E-state index < -0.39 is 0 Å². The Morgan fingerprint density at radius 2 is 1.59 bits per heavy atom. The SMILES string of the molecule is CC(=O)/C=C(/C)O.Fc1c[c-]c(-c2nc3ccccc3c3ccccc23)cc1.[Ir]. The third-order valence-corrected chi connectivity index (χ3v) is 4.05. The van der Waals surface area contributed by atoms with Gasteiger partial charge in [-0.3, -0.25) is 14.2 Å². The second-order valence-corrected chi connectivity index (χ2v) is 6.34. The molecule has 0 aliphatic carbocycles. The zero-order valence-electron chi connectivity index (χ0n) is 15.9. The van der Waals surface area contributed by atoms with Crippen LogP contribution in [0, 0.1) is 11.9 Å². The van der Waals surface area contributed by atoms with Gasteiger partial charge in [-0.05, 0) is 36.4 Å². The maximum atomic E-state index is 13.1. The van der Waals surface area contributed by atoms with Gasteiger partial charge in [0.05, 0.1) is 11.3 Å². The van der Waals surface area contributed by atoms with Crippen molar-refractivity contribution in [3.8, 4) is 11.3 Å². The van der Waals surface area contributed by atoms with E-state index in [0.29, 0.717) is 0 Å². The van der Waals surface area contributed by atoms with Crippen LogP contribution in [0.1, 0.15) is 13.8 Å². The Kier molecular flexibility index (Phi) is 7.77. The summed E-state index contributed by atoms with van der Waals surface area (Å²) in [5.41, 5.74) is 2.58. The molecule has 0 aliphatic rings. The number of allylic oxidation sites excluding steroid dienone is 2. The normalized spacial score (nSPS) is 10.8. The van der Waals surface area contributed by atoms with Gasteiger partial charge in [-0.2, -0.15) is 0 Å². The summed E-state index contributed by atoms with van der Waals surface area (Å²) in [6.45, 7) is 2.85. The number of benzene rings is 3. The monoisotopic (exact) mass is 565 g/mol. The van der Waals surface area contributed by atoms with Gasteiger partial charge < -0.3 is 5.11 Å². The molecular formula is C24H19FIrNO2-. The fraction of sp³-hybridized carbons (Fsp3) is 0.0833. The first-order valence-corrected chi connectivity index (χ1v) is 8.78. The number of halogens is 1. The summed E-state index contributed by atoms with van der Waals surface area (Å²) >= 11 is 0. The topological polar surface area (TPSA) is 50.2 Å². The molecule has 3 aromatic carbocycles. The number of fused-ring (bicyclic) bond motifs is 3. The van der Waals surface area contributed by atoms with Crippen molar-refractivity contribution in [2.75, 3.05) is 0 Å². The predicted molar refractivity (Wildman–Crippen MR) is 111 cm³/mol. The van der Waals surface area contributed by atoms with Gasteiger partial charge in [0.15, 0.2) is 5.78 Å². The molecule has 1 heterocycles. The van der Waals surface area contributed by atoms with Gasteiger partial charge in [0, 0.05) is 37.4 Å². The van der Waals surface area contributed by atoms with E-state index in [1.165, 1.54) is 32.1 Å². The molecule has 0 bridgehead atoms. The minimum Gasteiger partial charge on any atom is -0.512 e. The van der Waals surface area contributed by atoms with Gasteiger partial charge in [-0.25, -0.2) is 0 Å². The molecule has 4 rings (SSSR count). The molecule has 149 valence electrons. The zero-order chi connectivity index (χ0) is 20.1. The van der Waals surface area contributed by atoms with Crippen LogP contribution in [-0.4, -0.2) is 15.9 Å². The Morgan fingerprint density at radius 3 is 2.14 bits per heavy atom. The first-order chi connectivity index (χ1) is 13.5. The molecular weight excluding hydrogens is 545 g/mol. The average Bonchev–Trinajstić information content (AvgIpc) is 2.67. The first-order valence-electron chi connectivity index (χ1n) is 8.78. The minimum absolute atomic E-state index is 0. The van der Waals surface area contributed by atoms with E-state index in [0.717, 1.165) is 32.9 Å². The van der Waals surface area contributed by atoms with Crippen LogP contribution >= 0.6 is 0 Å². The number of hydrogen-bond acceptors (Lipinski definition) is 3. The standard InChI is InChI=1S/C19H11FN.C5H8O2.Ir/c20-14-11-9-13(10-12-14)19-17-7-2-1-5-15(17)16-6-3-4-8-18(16)21-19;1-4(6)3-5(2)7;/h1-9,11-12H;3,6H,1-2H3;/q-1;;/b;4-3-;. The van der Waals surface area contributed by atoms with E-state index in [2.05, 4.69) is 18.2 Å². The third kappa shape index (κ3) is 5.56. The summed E-state index contributed by atoms with van der Waals surface area (Å²) in [5, 5.41) is 11.7. The van der Waals surface area contributed by atoms with Crippen molar-refractivity contribution < 1.29 is 34.4 Å². The number of aliphatic hydroxyl groups is 1. The van der Waals surface area contributed by atoms with Crippen molar-refractivity contribution in [2.45, 2.75) is 13.8 Å². The van der Waals surface area contributed by atoms with E-state index in [9.17, 15) is 9.18 Å². The number of nitrogens with zero attached hydrogens (tertiary/aromatic N) is 1. The third-order valence-electron chi connectivity index (χ3n) is 4.05. The van der Waals surface area contributed by atoms with E-state index in [4.69, 9.17) is 10.1 Å². The van der Waals surface area contributed by atoms with Crippen LogP contribution in [0.25, 0.3) is 32.9 Å². The largest absolute Gasteiger partial charge is 0.512 e. The Hall–Kier alpha value is -2.88. The van der Waals surface area contributed by atoms with E-state index >= 15 is 0 Å². The van der Waals surface area contributed by atoms with Crippen molar-refractivity contribution in [1.29, 1.82) is 0 Å². The molecule has 0 amide bonds. The first kappa shape index (κ1) is 22.4. The molecule has 29 heavy (non-hydrogen) atoms. The summed E-state index contributed by atoms with van der Waals surface area (Å²) in [6.07, 6.45) is 1.17. The minimum atomic E-state index is -0.288. The van der Waals surface area contributed by atoms with Crippen LogP contribution in [0.15, 0.2) is 78.6 Å². The number of carbonyl (C=O) groups is 1. The molecule has 1 N–H and O–H groups in total. The number of para-hydroxylation sites is 1. The molecule has 5 heteroatoms. The Balaban J connectivity index is 0.000000327. The molecule has 0 atom stereocenters. The number of aromatic nitrogens is 1. The van der Waals surface area contributed by atoms with Gasteiger partial charge in [0.1, 0.15) is 0 Å². The molecule has 0 aliphatic heterocycles. The van der Waals surface area contributed by atoms with Gasteiger partial charge in [0.2, 0.25) is 0 Å². The predicted octanol–water partition coefficient (Wildman–Crippen LogP) is 6.03. The number of pyridine rings is 1. The second-order valence-electron chi connectivity index (χ2n) is 6.34. The van der Waals surface area contributed by atoms with Crippen molar-refractivity contribution in [1.82, 2.24) is 4.98 Å². The quantitative estimate of drug-likeness (QED) is 0.140. The molecule has 4 aromatic rings. The summed E-state index contributed by atoms with van der Waals surface area (Å²) in [6, 6.07) is 23.7. The van der Waals surface area contributed by atoms with Gasteiger partial charge in [0.25, 0.3) is 0 Å². The Morgan fingerprint density at radius 1 is 0.966 bits per heavy atom. The molecule has 0 saturated carbocycles. The molecule has 1 radical (unpaired) electrons. The smallest absolute Gasteiger partial charge is 0.155 e. The van der Waals surface area contributed by atoms with Crippen molar-refractivity contribution in [2.24, 2.45) is 0 Å². The van der Waals surface area contributed by atoms with Crippen LogP contribution in [0.3, 0.4) is 0 Å². The molecule has 3 nitrogen and oxygen atoms in total. The van der Waals surface area contributed by atoms with Crippen LogP contribution < -0.4 is 0 Å². The molecule has 0 spiro atoms. The molecule has 0 unspecified atom stereocenters. The summed E-state index contributed by atoms with van der Waals surface area (Å²) < 4.78 is 13.1. The summed E-state index contributed by atoms with van der Waals surface area (Å²) in [5.74, 6) is -0.351. The second kappa shape index (κ2) is 10.1. The van der Waals surface area contributed by atoms with Crippen LogP contribution in [0.4, 0.5) is 4.39 Å². The van der Waals surface area contributed by atoms with Crippen LogP contribution in [-0.2, 0) is 24.9 Å². The van der Waals surface area contributed by atoms with Gasteiger partial charge in [-0.15, -0.1) is 29.8 Å². The number of hydrogen-bond donors (Lipinski definition) is 1. The van der Waals surface area contributed by atoms with E-state index in [1.807, 2.05) is 36.4 Å². The van der Waals surface area contributed by atoms with Crippen LogP contribution in [0.2, 0.25) is 0 Å². The summed E-state index contributed by atoms with van der Waals surface area (Å²) in [4.78, 5) is 14.8. The maximum absolute atomic E-state index is 13.1. The van der Waals surface area contributed by atoms with Crippen LogP contribution in [0.5, 0.6) is 0 Å². The number of ketones is 1. The van der Waals surface area contributed by atoms with Crippen molar-refractivity contribution in [3.63, 3.8) is 0 Å². The zero-order valence-corrected chi connectivity index (χ0v) is 18.3. The maximum Gasteiger partial charge on any atom is 0.155 e. The molecule has 0 fully saturated rings. The van der Waals surface area contributed by atoms with Gasteiger partial charge in [-0.1, -0.05) is 42.5 Å². The van der Waals surface area contributed by atoms with E-state index in [1.54, 1.807) is 6.07 Å². The average molecular weight is 565 g/mol. The molecule has 0 saturated heterocycles. The Bertz CT molecular complexity index is 1170. The number of aliphatic hydroxyl groups excluding tert-OH is 1. The number of carbonyl (C=O) groups excluding carboxylic acids is 1. The van der Waals surface area contributed by atoms with Gasteiger partial charge >= 0.3 is 0 Å². The molecule has 1 aromatic heterocycles. The Labute approximate surface area is 182 Å². The summed E-state index contributed by atoms with van der Waals surface area (Å²) in [7, 11) is 0. The van der Waals surface area contributed by atoms with E-state index in [-0.39, 0.29) is 37.5 Å². The number of rotatable bonds is 2. The van der Waals surface area contributed by atoms with Crippen molar-refractivity contribution in [3.05, 3.63) is 90.4 Å². The van der Waals surface area contributed by atoms with Crippen molar-refractivity contribution >= 4 is 27.5 Å². The fourth-order valence-corrected chi connectivity index (χ4v) is 2.96.